The van der Waals surface area contributed by atoms with Crippen LogP contribution in [0.1, 0.15) is 24.0 Å². The molecule has 1 aromatic rings. The highest BCUT2D eigenvalue weighted by molar-refractivity contribution is 5.34. The van der Waals surface area contributed by atoms with E-state index in [1.165, 1.54) is 11.1 Å². The van der Waals surface area contributed by atoms with E-state index < -0.39 is 0 Å². The third kappa shape index (κ3) is 1.45. The molecule has 0 saturated heterocycles. The number of rotatable bonds is 1. The predicted molar refractivity (Wildman–Crippen MR) is 59.2 cm³/mol. The first-order chi connectivity index (χ1) is 6.74. The van der Waals surface area contributed by atoms with Crippen molar-refractivity contribution in [3.63, 3.8) is 0 Å². The molecule has 0 saturated carbocycles. The average Bonchev–Trinajstić information content (AvgIpc) is 2.20. The molecule has 2 atom stereocenters. The molecule has 14 heavy (non-hydrogen) atoms. The number of hydrogen-bond donors (Lipinski definition) is 1. The van der Waals surface area contributed by atoms with Crippen LogP contribution in [-0.2, 0) is 6.54 Å². The monoisotopic (exact) mass is 190 g/mol. The largest absolute Gasteiger partial charge is 0.330 e. The topological polar surface area (TPSA) is 29.3 Å². The van der Waals surface area contributed by atoms with E-state index in [0.717, 1.165) is 13.1 Å². The normalized spacial score (nSPS) is 27.4. The van der Waals surface area contributed by atoms with Crippen LogP contribution in [0.3, 0.4) is 0 Å². The van der Waals surface area contributed by atoms with Crippen LogP contribution in [0.2, 0.25) is 0 Å². The van der Waals surface area contributed by atoms with Gasteiger partial charge in [0.15, 0.2) is 0 Å². The van der Waals surface area contributed by atoms with Crippen molar-refractivity contribution in [1.82, 2.24) is 4.90 Å². The van der Waals surface area contributed by atoms with Gasteiger partial charge in [-0.05, 0) is 25.1 Å². The summed E-state index contributed by atoms with van der Waals surface area (Å²) in [5.74, 6) is 0.491. The van der Waals surface area contributed by atoms with Crippen LogP contribution in [0.5, 0.6) is 0 Å². The Balaban J connectivity index is 2.42. The minimum atomic E-state index is 0.491. The summed E-state index contributed by atoms with van der Waals surface area (Å²) in [6.45, 7) is 4.05. The zero-order valence-electron chi connectivity index (χ0n) is 8.90. The third-order valence-electron chi connectivity index (χ3n) is 3.41. The Labute approximate surface area is 85.7 Å². The second-order valence-electron chi connectivity index (χ2n) is 4.20. The summed E-state index contributed by atoms with van der Waals surface area (Å²) in [6.07, 6.45) is 0. The van der Waals surface area contributed by atoms with Crippen molar-refractivity contribution in [2.45, 2.75) is 25.4 Å². The van der Waals surface area contributed by atoms with Gasteiger partial charge < -0.3 is 5.73 Å². The highest BCUT2D eigenvalue weighted by Gasteiger charge is 2.28. The zero-order valence-corrected chi connectivity index (χ0v) is 8.90. The van der Waals surface area contributed by atoms with Crippen LogP contribution in [0.15, 0.2) is 24.3 Å². The van der Waals surface area contributed by atoms with Gasteiger partial charge in [0.1, 0.15) is 0 Å². The SMILES string of the molecule is CC1C(CN)c2ccccc2CN1C. The van der Waals surface area contributed by atoms with Gasteiger partial charge in [-0.15, -0.1) is 0 Å². The molecule has 2 rings (SSSR count). The van der Waals surface area contributed by atoms with Gasteiger partial charge in [-0.25, -0.2) is 0 Å². The molecule has 1 aliphatic heterocycles. The second-order valence-corrected chi connectivity index (χ2v) is 4.20. The Hall–Kier alpha value is -0.860. The van der Waals surface area contributed by atoms with Gasteiger partial charge in [-0.1, -0.05) is 24.3 Å². The van der Waals surface area contributed by atoms with Gasteiger partial charge >= 0.3 is 0 Å². The van der Waals surface area contributed by atoms with Gasteiger partial charge in [-0.2, -0.15) is 0 Å². The third-order valence-corrected chi connectivity index (χ3v) is 3.41. The minimum Gasteiger partial charge on any atom is -0.330 e. The van der Waals surface area contributed by atoms with E-state index in [1.807, 2.05) is 0 Å². The zero-order chi connectivity index (χ0) is 10.1. The van der Waals surface area contributed by atoms with Crippen LogP contribution >= 0.6 is 0 Å². The molecule has 0 amide bonds. The standard InChI is InChI=1S/C12H18N2/c1-9-12(7-13)11-6-4-3-5-10(11)8-14(9)2/h3-6,9,12H,7-8,13H2,1-2H3. The summed E-state index contributed by atoms with van der Waals surface area (Å²) >= 11 is 0. The predicted octanol–water partition coefficient (Wildman–Crippen LogP) is 1.56. The first-order valence-corrected chi connectivity index (χ1v) is 5.22. The molecule has 1 aliphatic rings. The van der Waals surface area contributed by atoms with E-state index in [4.69, 9.17) is 5.73 Å². The van der Waals surface area contributed by atoms with Crippen molar-refractivity contribution in [2.75, 3.05) is 13.6 Å². The molecule has 0 fully saturated rings. The van der Waals surface area contributed by atoms with Gasteiger partial charge in [-0.3, -0.25) is 4.90 Å². The average molecular weight is 190 g/mol. The fourth-order valence-electron chi connectivity index (χ4n) is 2.34. The maximum absolute atomic E-state index is 5.84. The summed E-state index contributed by atoms with van der Waals surface area (Å²) in [5, 5.41) is 0. The number of nitrogens with zero attached hydrogens (tertiary/aromatic N) is 1. The number of likely N-dealkylation sites (N-methyl/N-ethyl adjacent to an activating group) is 1. The highest BCUT2D eigenvalue weighted by atomic mass is 15.1. The summed E-state index contributed by atoms with van der Waals surface area (Å²) in [4.78, 5) is 2.37. The Morgan fingerprint density at radius 2 is 2.14 bits per heavy atom. The van der Waals surface area contributed by atoms with Crippen molar-refractivity contribution in [3.8, 4) is 0 Å². The Morgan fingerprint density at radius 3 is 2.86 bits per heavy atom. The van der Waals surface area contributed by atoms with E-state index in [0.29, 0.717) is 12.0 Å². The quantitative estimate of drug-likeness (QED) is 0.728. The Morgan fingerprint density at radius 1 is 1.43 bits per heavy atom. The number of fused-ring (bicyclic) bond motifs is 1. The van der Waals surface area contributed by atoms with E-state index in [1.54, 1.807) is 0 Å². The molecule has 0 aliphatic carbocycles. The van der Waals surface area contributed by atoms with Crippen molar-refractivity contribution in [1.29, 1.82) is 0 Å². The van der Waals surface area contributed by atoms with E-state index >= 15 is 0 Å². The molecule has 0 radical (unpaired) electrons. The molecule has 0 aromatic heterocycles. The Kier molecular flexibility index (Phi) is 2.57. The molecule has 76 valence electrons. The van der Waals surface area contributed by atoms with Crippen molar-refractivity contribution in [3.05, 3.63) is 35.4 Å². The van der Waals surface area contributed by atoms with Gasteiger partial charge in [0.2, 0.25) is 0 Å². The van der Waals surface area contributed by atoms with Crippen LogP contribution < -0.4 is 5.73 Å². The lowest BCUT2D eigenvalue weighted by Crippen LogP contribution is -2.41. The first-order valence-electron chi connectivity index (χ1n) is 5.22. The molecule has 0 spiro atoms. The molecule has 1 aromatic carbocycles. The van der Waals surface area contributed by atoms with Gasteiger partial charge in [0.05, 0.1) is 0 Å². The summed E-state index contributed by atoms with van der Waals surface area (Å²) < 4.78 is 0. The van der Waals surface area contributed by atoms with Crippen molar-refractivity contribution < 1.29 is 0 Å². The molecule has 2 N–H and O–H groups in total. The smallest absolute Gasteiger partial charge is 0.0236 e. The lowest BCUT2D eigenvalue weighted by molar-refractivity contribution is 0.200. The van der Waals surface area contributed by atoms with Crippen LogP contribution in [0.25, 0.3) is 0 Å². The summed E-state index contributed by atoms with van der Waals surface area (Å²) in [5.41, 5.74) is 8.72. The number of benzene rings is 1. The van der Waals surface area contributed by atoms with Crippen molar-refractivity contribution >= 4 is 0 Å². The van der Waals surface area contributed by atoms with Crippen LogP contribution in [0.4, 0.5) is 0 Å². The van der Waals surface area contributed by atoms with E-state index in [9.17, 15) is 0 Å². The first kappa shape index (κ1) is 9.69. The van der Waals surface area contributed by atoms with Gasteiger partial charge in [0.25, 0.3) is 0 Å². The summed E-state index contributed by atoms with van der Waals surface area (Å²) in [6, 6.07) is 9.20. The van der Waals surface area contributed by atoms with Crippen LogP contribution in [-0.4, -0.2) is 24.5 Å². The lowest BCUT2D eigenvalue weighted by Gasteiger charge is -2.38. The molecule has 0 bridgehead atoms. The fourth-order valence-corrected chi connectivity index (χ4v) is 2.34. The summed E-state index contributed by atoms with van der Waals surface area (Å²) in [7, 11) is 2.17. The number of nitrogens with two attached hydrogens (primary N) is 1. The molecular formula is C12H18N2. The molecule has 2 heteroatoms. The minimum absolute atomic E-state index is 0.491. The lowest BCUT2D eigenvalue weighted by atomic mass is 9.84. The molecule has 1 heterocycles. The molecular weight excluding hydrogens is 172 g/mol. The number of hydrogen-bond acceptors (Lipinski definition) is 2. The van der Waals surface area contributed by atoms with E-state index in [-0.39, 0.29) is 0 Å². The maximum Gasteiger partial charge on any atom is 0.0236 e. The molecule has 2 nitrogen and oxygen atoms in total. The molecule has 2 unspecified atom stereocenters. The van der Waals surface area contributed by atoms with Gasteiger partial charge in [0, 0.05) is 25.0 Å². The van der Waals surface area contributed by atoms with Crippen LogP contribution in [0, 0.1) is 0 Å². The second kappa shape index (κ2) is 3.71. The Bertz CT molecular complexity index is 322. The maximum atomic E-state index is 5.84. The fraction of sp³-hybridized carbons (Fsp3) is 0.500. The van der Waals surface area contributed by atoms with Crippen molar-refractivity contribution in [2.24, 2.45) is 5.73 Å². The van der Waals surface area contributed by atoms with E-state index in [2.05, 4.69) is 43.1 Å². The highest BCUT2D eigenvalue weighted by Crippen LogP contribution is 2.31.